The van der Waals surface area contributed by atoms with Crippen LogP contribution in [0.4, 0.5) is 0 Å². The van der Waals surface area contributed by atoms with Gasteiger partial charge in [0.1, 0.15) is 5.01 Å². The zero-order valence-electron chi connectivity index (χ0n) is 14.7. The highest BCUT2D eigenvalue weighted by molar-refractivity contribution is 14.0. The average Bonchev–Trinajstić information content (AvgIpc) is 3.02. The maximum absolute atomic E-state index is 12.0. The fourth-order valence-corrected chi connectivity index (χ4v) is 3.22. The molecule has 3 N–H and O–H groups in total. The number of benzene rings is 1. The highest BCUT2D eigenvalue weighted by Gasteiger charge is 2.05. The van der Waals surface area contributed by atoms with Crippen molar-refractivity contribution in [2.45, 2.75) is 19.9 Å². The van der Waals surface area contributed by atoms with Crippen LogP contribution in [0.25, 0.3) is 0 Å². The number of aromatic nitrogens is 1. The minimum atomic E-state index is -0.0667. The molecule has 2 aromatic rings. The Bertz CT molecular complexity index is 737. The smallest absolute Gasteiger partial charge is 0.251 e. The quantitative estimate of drug-likeness (QED) is 0.213. The fourth-order valence-electron chi connectivity index (χ4n) is 2.09. The first-order valence-electron chi connectivity index (χ1n) is 7.98. The van der Waals surface area contributed by atoms with Crippen molar-refractivity contribution in [2.24, 2.45) is 4.99 Å². The molecule has 0 aliphatic rings. The fraction of sp³-hybridized carbons (Fsp3) is 0.353. The number of halogens is 2. The van der Waals surface area contributed by atoms with Gasteiger partial charge in [0.2, 0.25) is 0 Å². The molecule has 0 atom stereocenters. The summed E-state index contributed by atoms with van der Waals surface area (Å²) in [6.07, 6.45) is 2.67. The number of nitrogens with zero attached hydrogens (tertiary/aromatic N) is 2. The van der Waals surface area contributed by atoms with Crippen LogP contribution < -0.4 is 16.0 Å². The van der Waals surface area contributed by atoms with Crippen LogP contribution in [0, 0.1) is 6.92 Å². The van der Waals surface area contributed by atoms with E-state index in [9.17, 15) is 4.79 Å². The van der Waals surface area contributed by atoms with Gasteiger partial charge in [0.05, 0.1) is 6.54 Å². The molecule has 0 saturated heterocycles. The standard InChI is InChI=1S/C17H22BrN5OS.HI/c1-12-10-22-15(25-12)11-23-17(19-2)21-8-4-7-20-16(24)13-5-3-6-14(18)9-13;/h3,5-6,9-10H,4,7-8,11H2,1-2H3,(H,20,24)(H2,19,21,23);1H. The molecule has 0 radical (unpaired) electrons. The Hall–Kier alpha value is -1.20. The maximum atomic E-state index is 12.0. The minimum Gasteiger partial charge on any atom is -0.356 e. The molecule has 6 nitrogen and oxygen atoms in total. The van der Waals surface area contributed by atoms with Crippen molar-refractivity contribution in [2.75, 3.05) is 20.1 Å². The number of aliphatic imine (C=N–C) groups is 1. The van der Waals surface area contributed by atoms with E-state index >= 15 is 0 Å². The summed E-state index contributed by atoms with van der Waals surface area (Å²) in [5.74, 6) is 0.661. The van der Waals surface area contributed by atoms with E-state index in [0.29, 0.717) is 18.7 Å². The Morgan fingerprint density at radius 1 is 1.27 bits per heavy atom. The number of rotatable bonds is 7. The van der Waals surface area contributed by atoms with Crippen molar-refractivity contribution >= 4 is 63.1 Å². The van der Waals surface area contributed by atoms with Crippen molar-refractivity contribution in [3.63, 3.8) is 0 Å². The number of aryl methyl sites for hydroxylation is 1. The van der Waals surface area contributed by atoms with Crippen molar-refractivity contribution in [3.05, 3.63) is 50.4 Å². The van der Waals surface area contributed by atoms with Crippen molar-refractivity contribution < 1.29 is 4.79 Å². The highest BCUT2D eigenvalue weighted by Crippen LogP contribution is 2.11. The highest BCUT2D eigenvalue weighted by atomic mass is 127. The number of hydrogen-bond donors (Lipinski definition) is 3. The molecule has 0 fully saturated rings. The van der Waals surface area contributed by atoms with Gasteiger partial charge in [0, 0.05) is 41.2 Å². The lowest BCUT2D eigenvalue weighted by Crippen LogP contribution is -2.38. The zero-order valence-corrected chi connectivity index (χ0v) is 19.4. The Labute approximate surface area is 183 Å². The molecule has 0 spiro atoms. The maximum Gasteiger partial charge on any atom is 0.251 e. The molecule has 9 heteroatoms. The number of nitrogens with one attached hydrogen (secondary N) is 3. The van der Waals surface area contributed by atoms with E-state index in [1.807, 2.05) is 25.3 Å². The second-order valence-electron chi connectivity index (χ2n) is 5.34. The van der Waals surface area contributed by atoms with Gasteiger partial charge in [0.15, 0.2) is 5.96 Å². The largest absolute Gasteiger partial charge is 0.356 e. The van der Waals surface area contributed by atoms with Crippen LogP contribution in [0.2, 0.25) is 0 Å². The Morgan fingerprint density at radius 3 is 2.69 bits per heavy atom. The summed E-state index contributed by atoms with van der Waals surface area (Å²) in [4.78, 5) is 21.7. The first kappa shape index (κ1) is 22.8. The summed E-state index contributed by atoms with van der Waals surface area (Å²) in [5.41, 5.74) is 0.651. The molecule has 0 saturated carbocycles. The monoisotopic (exact) mass is 551 g/mol. The lowest BCUT2D eigenvalue weighted by Gasteiger charge is -2.11. The summed E-state index contributed by atoms with van der Waals surface area (Å²) in [5, 5.41) is 10.4. The van der Waals surface area contributed by atoms with Gasteiger partial charge in [-0.3, -0.25) is 9.79 Å². The predicted octanol–water partition coefficient (Wildman–Crippen LogP) is 3.32. The van der Waals surface area contributed by atoms with Crippen LogP contribution in [-0.2, 0) is 6.54 Å². The van der Waals surface area contributed by atoms with Crippen LogP contribution in [0.5, 0.6) is 0 Å². The van der Waals surface area contributed by atoms with Crippen molar-refractivity contribution in [3.8, 4) is 0 Å². The Morgan fingerprint density at radius 2 is 2.04 bits per heavy atom. The van der Waals surface area contributed by atoms with Gasteiger partial charge in [-0.05, 0) is 31.5 Å². The summed E-state index contributed by atoms with van der Waals surface area (Å²) < 4.78 is 0.895. The second-order valence-corrected chi connectivity index (χ2v) is 7.57. The number of thiazole rings is 1. The molecule has 1 aromatic heterocycles. The lowest BCUT2D eigenvalue weighted by molar-refractivity contribution is 0.0953. The van der Waals surface area contributed by atoms with Crippen LogP contribution in [0.3, 0.4) is 0 Å². The summed E-state index contributed by atoms with van der Waals surface area (Å²) >= 11 is 5.03. The zero-order chi connectivity index (χ0) is 18.1. The Balaban J connectivity index is 0.00000338. The van der Waals surface area contributed by atoms with Crippen molar-refractivity contribution in [1.82, 2.24) is 20.9 Å². The van der Waals surface area contributed by atoms with Gasteiger partial charge in [0.25, 0.3) is 5.91 Å². The van der Waals surface area contributed by atoms with E-state index in [0.717, 1.165) is 28.4 Å². The molecular weight excluding hydrogens is 529 g/mol. The van der Waals surface area contributed by atoms with Crippen LogP contribution in [0.1, 0.15) is 26.7 Å². The molecule has 1 heterocycles. The van der Waals surface area contributed by atoms with E-state index in [-0.39, 0.29) is 29.9 Å². The van der Waals surface area contributed by atoms with Crippen molar-refractivity contribution in [1.29, 1.82) is 0 Å². The summed E-state index contributed by atoms with van der Waals surface area (Å²) in [7, 11) is 1.73. The topological polar surface area (TPSA) is 78.4 Å². The molecule has 0 unspecified atom stereocenters. The van der Waals surface area contributed by atoms with Gasteiger partial charge < -0.3 is 16.0 Å². The van der Waals surface area contributed by atoms with E-state index in [1.165, 1.54) is 4.88 Å². The summed E-state index contributed by atoms with van der Waals surface area (Å²) in [6, 6.07) is 7.34. The molecule has 1 amide bonds. The Kier molecular flexibility index (Phi) is 10.7. The lowest BCUT2D eigenvalue weighted by atomic mass is 10.2. The minimum absolute atomic E-state index is 0. The predicted molar refractivity (Wildman–Crippen MR) is 122 cm³/mol. The van der Waals surface area contributed by atoms with E-state index in [4.69, 9.17) is 0 Å². The van der Waals surface area contributed by atoms with E-state index < -0.39 is 0 Å². The second kappa shape index (κ2) is 12.2. The van der Waals surface area contributed by atoms with Crippen LogP contribution in [-0.4, -0.2) is 37.0 Å². The molecule has 1 aromatic carbocycles. The molecule has 26 heavy (non-hydrogen) atoms. The van der Waals surface area contributed by atoms with Gasteiger partial charge >= 0.3 is 0 Å². The normalized spacial score (nSPS) is 10.8. The average molecular weight is 552 g/mol. The molecule has 2 rings (SSSR count). The molecule has 0 bridgehead atoms. The number of carbonyl (C=O) groups excluding carboxylic acids is 1. The van der Waals surface area contributed by atoms with Gasteiger partial charge in [-0.1, -0.05) is 22.0 Å². The first-order chi connectivity index (χ1) is 12.1. The van der Waals surface area contributed by atoms with Gasteiger partial charge in [-0.25, -0.2) is 4.98 Å². The number of hydrogen-bond acceptors (Lipinski definition) is 4. The molecule has 0 aliphatic heterocycles. The third kappa shape index (κ3) is 8.00. The SMILES string of the molecule is CN=C(NCCCNC(=O)c1cccc(Br)c1)NCc1ncc(C)s1.I. The van der Waals surface area contributed by atoms with Gasteiger partial charge in [-0.15, -0.1) is 35.3 Å². The third-order valence-corrected chi connectivity index (χ3v) is 4.72. The van der Waals surface area contributed by atoms with Crippen LogP contribution >= 0.6 is 51.2 Å². The van der Waals surface area contributed by atoms with Gasteiger partial charge in [-0.2, -0.15) is 0 Å². The molecule has 0 aliphatic carbocycles. The number of guanidine groups is 1. The third-order valence-electron chi connectivity index (χ3n) is 3.32. The summed E-state index contributed by atoms with van der Waals surface area (Å²) in [6.45, 7) is 4.00. The van der Waals surface area contributed by atoms with E-state index in [1.54, 1.807) is 30.5 Å². The van der Waals surface area contributed by atoms with E-state index in [2.05, 4.69) is 41.9 Å². The first-order valence-corrected chi connectivity index (χ1v) is 9.59. The molecular formula is C17H23BrIN5OS. The number of amides is 1. The van der Waals surface area contributed by atoms with Crippen LogP contribution in [0.15, 0.2) is 39.9 Å². The molecule has 142 valence electrons. The number of carbonyl (C=O) groups is 1.